The van der Waals surface area contributed by atoms with Gasteiger partial charge in [0.15, 0.2) is 0 Å². The molecule has 1 heterocycles. The number of aromatic hydroxyl groups is 1. The highest BCUT2D eigenvalue weighted by Crippen LogP contribution is 2.61. The number of hydrogen-bond acceptors (Lipinski definition) is 10. The van der Waals surface area contributed by atoms with E-state index in [1.54, 1.807) is 31.3 Å². The van der Waals surface area contributed by atoms with E-state index in [4.69, 9.17) is 23.8 Å². The van der Waals surface area contributed by atoms with E-state index in [2.05, 4.69) is 17.8 Å². The molecule has 0 radical (unpaired) electrons. The fourth-order valence-corrected chi connectivity index (χ4v) is 8.03. The van der Waals surface area contributed by atoms with Crippen LogP contribution in [0.3, 0.4) is 0 Å². The Labute approximate surface area is 295 Å². The maximum absolute atomic E-state index is 13.8. The van der Waals surface area contributed by atoms with Crippen LogP contribution in [-0.4, -0.2) is 91.0 Å². The molecule has 6 atom stereocenters. The normalized spacial score (nSPS) is 25.9. The summed E-state index contributed by atoms with van der Waals surface area (Å²) < 4.78 is 25.2. The van der Waals surface area contributed by atoms with E-state index in [0.717, 1.165) is 42.4 Å². The number of allylic oxidation sites excluding steroid dienone is 1. The topological polar surface area (TPSA) is 140 Å². The number of rotatable bonds is 18. The van der Waals surface area contributed by atoms with Gasteiger partial charge in [0.1, 0.15) is 31.3 Å². The van der Waals surface area contributed by atoms with Gasteiger partial charge in [-0.05, 0) is 66.9 Å². The SMILES string of the molecule is C=CCOC12Oc3ccc(O)cc3C3C(CCCCO)C(CCCCO)C=C(C(=NOC)CC1N(C)C(=O)OCCOCc1ccccc1)C32. The Morgan fingerprint density at radius 1 is 1.08 bits per heavy atom. The number of likely N-dealkylation sites (N-methyl/N-ethyl adjacent to an activating group) is 1. The molecule has 2 aromatic rings. The van der Waals surface area contributed by atoms with E-state index in [9.17, 15) is 20.1 Å². The second-order valence-corrected chi connectivity index (χ2v) is 13.2. The van der Waals surface area contributed by atoms with Crippen molar-refractivity contribution in [2.45, 2.75) is 69.3 Å². The molecule has 0 aromatic heterocycles. The first-order chi connectivity index (χ1) is 24.4. The van der Waals surface area contributed by atoms with Crippen molar-refractivity contribution in [3.63, 3.8) is 0 Å². The molecule has 0 saturated heterocycles. The summed E-state index contributed by atoms with van der Waals surface area (Å²) in [4.78, 5) is 20.7. The molecule has 1 fully saturated rings. The first-order valence-electron chi connectivity index (χ1n) is 17.7. The minimum Gasteiger partial charge on any atom is -0.508 e. The summed E-state index contributed by atoms with van der Waals surface area (Å²) in [5.41, 5.74) is 3.50. The summed E-state index contributed by atoms with van der Waals surface area (Å²) >= 11 is 0. The number of carbonyl (C=O) groups excluding carboxylic acids is 1. The van der Waals surface area contributed by atoms with Gasteiger partial charge in [-0.25, -0.2) is 4.79 Å². The average molecular weight is 693 g/mol. The van der Waals surface area contributed by atoms with Crippen LogP contribution in [0.15, 0.2) is 78.0 Å². The molecule has 6 unspecified atom stereocenters. The van der Waals surface area contributed by atoms with Gasteiger partial charge in [-0.15, -0.1) is 6.58 Å². The van der Waals surface area contributed by atoms with Crippen LogP contribution in [0.25, 0.3) is 0 Å². The third-order valence-electron chi connectivity index (χ3n) is 10.2. The standard InChI is InChI=1S/C39H52N2O9/c1-4-20-49-39-35(41(2)38(45)48-22-21-47-26-27-12-6-5-7-13-27)25-33(40-46-3)31-23-28(14-8-10-18-42)30(15-9-11-19-43)36(37(31)39)32-24-29(44)16-17-34(32)50-39/h4-7,12-13,16-17,23-24,28,30,35-37,42-44H,1,8-11,14-15,18-22,25-26H2,2-3H3. The molecule has 3 aliphatic rings. The molecule has 3 N–H and O–H groups in total. The summed E-state index contributed by atoms with van der Waals surface area (Å²) in [6.45, 7) is 4.99. The Hall–Kier alpha value is -3.90. The number of phenolic OH excluding ortho intramolecular Hbond substituents is 1. The Bertz CT molecular complexity index is 1480. The van der Waals surface area contributed by atoms with E-state index >= 15 is 0 Å². The van der Waals surface area contributed by atoms with Crippen LogP contribution in [0.5, 0.6) is 11.5 Å². The van der Waals surface area contributed by atoms with Crippen molar-refractivity contribution in [1.82, 2.24) is 4.90 Å². The average Bonchev–Trinajstić information content (AvgIpc) is 3.12. The van der Waals surface area contributed by atoms with Crippen LogP contribution in [0.1, 0.15) is 62.0 Å². The van der Waals surface area contributed by atoms with Gasteiger partial charge < -0.3 is 44.0 Å². The van der Waals surface area contributed by atoms with E-state index in [1.807, 2.05) is 30.3 Å². The number of nitrogens with zero attached hydrogens (tertiary/aromatic N) is 2. The quantitative estimate of drug-likeness (QED) is 0.0984. The fourth-order valence-electron chi connectivity index (χ4n) is 8.03. The van der Waals surface area contributed by atoms with Crippen molar-refractivity contribution in [3.8, 4) is 11.5 Å². The third-order valence-corrected chi connectivity index (χ3v) is 10.2. The van der Waals surface area contributed by atoms with Crippen LogP contribution < -0.4 is 4.74 Å². The van der Waals surface area contributed by atoms with Gasteiger partial charge in [-0.1, -0.05) is 60.5 Å². The molecule has 272 valence electrons. The molecule has 2 aromatic carbocycles. The Kier molecular flexibility index (Phi) is 13.3. The van der Waals surface area contributed by atoms with Crippen molar-refractivity contribution >= 4 is 11.8 Å². The minimum atomic E-state index is -1.37. The monoisotopic (exact) mass is 692 g/mol. The highest BCUT2D eigenvalue weighted by atomic mass is 16.7. The minimum absolute atomic E-state index is 0.0604. The van der Waals surface area contributed by atoms with Gasteiger partial charge in [0.05, 0.1) is 31.5 Å². The number of amides is 1. The van der Waals surface area contributed by atoms with Crippen LogP contribution >= 0.6 is 0 Å². The first kappa shape index (κ1) is 37.4. The van der Waals surface area contributed by atoms with Crippen molar-refractivity contribution in [1.29, 1.82) is 0 Å². The van der Waals surface area contributed by atoms with Gasteiger partial charge in [0.25, 0.3) is 0 Å². The van der Waals surface area contributed by atoms with E-state index in [-0.39, 0.29) is 63.0 Å². The lowest BCUT2D eigenvalue weighted by atomic mass is 9.55. The summed E-state index contributed by atoms with van der Waals surface area (Å²) in [5.74, 6) is -1.13. The molecular formula is C39H52N2O9. The third kappa shape index (κ3) is 8.18. The highest BCUT2D eigenvalue weighted by Gasteiger charge is 2.65. The van der Waals surface area contributed by atoms with Crippen LogP contribution in [0, 0.1) is 17.8 Å². The zero-order chi connectivity index (χ0) is 35.5. The fraction of sp³-hybridized carbons (Fsp3) is 0.538. The predicted molar refractivity (Wildman–Crippen MR) is 189 cm³/mol. The van der Waals surface area contributed by atoms with E-state index in [0.29, 0.717) is 30.9 Å². The van der Waals surface area contributed by atoms with E-state index in [1.165, 1.54) is 12.0 Å². The lowest BCUT2D eigenvalue weighted by Crippen LogP contribution is -2.69. The number of hydrogen-bond donors (Lipinski definition) is 3. The molecule has 2 aliphatic carbocycles. The van der Waals surface area contributed by atoms with Gasteiger partial charge in [0, 0.05) is 38.2 Å². The van der Waals surface area contributed by atoms with Crippen molar-refractivity contribution < 1.29 is 43.9 Å². The summed E-state index contributed by atoms with van der Waals surface area (Å²) in [7, 11) is 3.19. The number of carbonyl (C=O) groups is 1. The van der Waals surface area contributed by atoms with Gasteiger partial charge in [0.2, 0.25) is 5.79 Å². The largest absolute Gasteiger partial charge is 0.508 e. The van der Waals surface area contributed by atoms with Crippen molar-refractivity contribution in [3.05, 3.63) is 84.0 Å². The smallest absolute Gasteiger partial charge is 0.410 e. The summed E-state index contributed by atoms with van der Waals surface area (Å²) in [6, 6.07) is 14.2. The molecule has 50 heavy (non-hydrogen) atoms. The van der Waals surface area contributed by atoms with Gasteiger partial charge in [-0.2, -0.15) is 0 Å². The number of aliphatic hydroxyl groups excluding tert-OH is 2. The molecule has 0 spiro atoms. The number of oxime groups is 1. The highest BCUT2D eigenvalue weighted by molar-refractivity contribution is 6.02. The number of benzene rings is 2. The molecule has 5 rings (SSSR count). The van der Waals surface area contributed by atoms with Crippen molar-refractivity contribution in [2.75, 3.05) is 47.2 Å². The molecule has 11 nitrogen and oxygen atoms in total. The predicted octanol–water partition coefficient (Wildman–Crippen LogP) is 5.94. The molecular weight excluding hydrogens is 640 g/mol. The van der Waals surface area contributed by atoms with Crippen molar-refractivity contribution in [2.24, 2.45) is 22.9 Å². The summed E-state index contributed by atoms with van der Waals surface area (Å²) in [6.07, 6.45) is 8.29. The number of ether oxygens (including phenoxy) is 4. The second kappa shape index (κ2) is 17.8. The lowest BCUT2D eigenvalue weighted by Gasteiger charge is -2.59. The number of phenols is 1. The van der Waals surface area contributed by atoms with Crippen LogP contribution in [0.2, 0.25) is 0 Å². The number of fused-ring (bicyclic) bond motifs is 2. The molecule has 1 aliphatic heterocycles. The Morgan fingerprint density at radius 2 is 1.84 bits per heavy atom. The Balaban J connectivity index is 1.53. The zero-order valence-electron chi connectivity index (χ0n) is 29.2. The second-order valence-electron chi connectivity index (χ2n) is 13.2. The molecule has 1 saturated carbocycles. The lowest BCUT2D eigenvalue weighted by molar-refractivity contribution is -0.253. The summed E-state index contributed by atoms with van der Waals surface area (Å²) in [5, 5.41) is 34.6. The maximum Gasteiger partial charge on any atom is 0.410 e. The molecule has 0 bridgehead atoms. The number of aliphatic hydroxyl groups is 2. The van der Waals surface area contributed by atoms with Crippen LogP contribution in [-0.2, 0) is 25.7 Å². The molecule has 11 heteroatoms. The van der Waals surface area contributed by atoms with E-state index < -0.39 is 23.8 Å². The Morgan fingerprint density at radius 3 is 2.56 bits per heavy atom. The number of unbranched alkanes of at least 4 members (excludes halogenated alkanes) is 2. The van der Waals surface area contributed by atoms with Crippen LogP contribution in [0.4, 0.5) is 4.79 Å². The zero-order valence-corrected chi connectivity index (χ0v) is 29.2. The first-order valence-corrected chi connectivity index (χ1v) is 17.7. The van der Waals surface area contributed by atoms with Gasteiger partial charge in [-0.3, -0.25) is 0 Å². The maximum atomic E-state index is 13.8. The molecule has 1 amide bonds. The van der Waals surface area contributed by atoms with Gasteiger partial charge >= 0.3 is 6.09 Å².